The molecule has 20 heavy (non-hydrogen) atoms. The molecule has 8 nitrogen and oxygen atoms in total. The predicted octanol–water partition coefficient (Wildman–Crippen LogP) is 2.57. The molecule has 106 valence electrons. The van der Waals surface area contributed by atoms with Gasteiger partial charge in [-0.3, -0.25) is 10.1 Å². The highest BCUT2D eigenvalue weighted by Crippen LogP contribution is 2.34. The highest BCUT2D eigenvalue weighted by molar-refractivity contribution is 7.99. The van der Waals surface area contributed by atoms with E-state index in [0.29, 0.717) is 29.1 Å². The van der Waals surface area contributed by atoms with Crippen molar-refractivity contribution < 1.29 is 9.34 Å². The van der Waals surface area contributed by atoms with Crippen LogP contribution in [0.4, 0.5) is 11.6 Å². The van der Waals surface area contributed by atoms with Crippen molar-refractivity contribution >= 4 is 23.4 Å². The summed E-state index contributed by atoms with van der Waals surface area (Å²) in [6.07, 6.45) is 1.48. The molecular formula is C11H13N5O3S. The van der Waals surface area contributed by atoms with Crippen LogP contribution in [-0.4, -0.2) is 26.4 Å². The van der Waals surface area contributed by atoms with Gasteiger partial charge in [0.2, 0.25) is 5.95 Å². The number of anilines is 1. The van der Waals surface area contributed by atoms with Crippen molar-refractivity contribution in [3.05, 3.63) is 27.8 Å². The Balaban J connectivity index is 2.44. The van der Waals surface area contributed by atoms with Crippen molar-refractivity contribution in [1.82, 2.24) is 15.0 Å². The fraction of sp³-hybridized carbons (Fsp3) is 0.364. The van der Waals surface area contributed by atoms with E-state index in [1.165, 1.54) is 6.26 Å². The van der Waals surface area contributed by atoms with E-state index in [-0.39, 0.29) is 10.7 Å². The maximum Gasteiger partial charge on any atom is 0.323 e. The number of hydrogen-bond donors (Lipinski definition) is 1. The molecule has 0 atom stereocenters. The molecule has 0 aromatic carbocycles. The number of nitro groups is 1. The average Bonchev–Trinajstić information content (AvgIpc) is 2.74. The van der Waals surface area contributed by atoms with Crippen LogP contribution in [0, 0.1) is 24.0 Å². The first-order valence-corrected chi connectivity index (χ1v) is 6.69. The zero-order chi connectivity index (χ0) is 14.7. The van der Waals surface area contributed by atoms with E-state index in [1.807, 2.05) is 6.92 Å². The van der Waals surface area contributed by atoms with Crippen LogP contribution in [0.5, 0.6) is 0 Å². The van der Waals surface area contributed by atoms with Gasteiger partial charge in [-0.1, -0.05) is 0 Å². The quantitative estimate of drug-likeness (QED) is 0.509. The van der Waals surface area contributed by atoms with E-state index >= 15 is 0 Å². The Morgan fingerprint density at radius 1 is 1.40 bits per heavy atom. The van der Waals surface area contributed by atoms with Crippen molar-refractivity contribution in [2.45, 2.75) is 31.0 Å². The van der Waals surface area contributed by atoms with Gasteiger partial charge in [-0.2, -0.15) is 4.98 Å². The zero-order valence-corrected chi connectivity index (χ0v) is 12.0. The molecule has 2 aromatic rings. The third-order valence-corrected chi connectivity index (χ3v) is 3.17. The topological polar surface area (TPSA) is 107 Å². The molecule has 0 amide bonds. The summed E-state index contributed by atoms with van der Waals surface area (Å²) < 4.78 is 5.19. The summed E-state index contributed by atoms with van der Waals surface area (Å²) in [5.41, 5.74) is 0.868. The van der Waals surface area contributed by atoms with Gasteiger partial charge < -0.3 is 9.73 Å². The van der Waals surface area contributed by atoms with Crippen LogP contribution >= 0.6 is 11.8 Å². The van der Waals surface area contributed by atoms with Gasteiger partial charge >= 0.3 is 5.69 Å². The SMILES string of the molecule is CCNc1nc(C)c([N+](=O)[O-])c(Sc2nc(C)co2)n1. The van der Waals surface area contributed by atoms with Crippen molar-refractivity contribution in [2.75, 3.05) is 11.9 Å². The maximum atomic E-state index is 11.1. The van der Waals surface area contributed by atoms with E-state index in [2.05, 4.69) is 20.3 Å². The Morgan fingerprint density at radius 2 is 2.15 bits per heavy atom. The first-order valence-electron chi connectivity index (χ1n) is 5.88. The van der Waals surface area contributed by atoms with E-state index in [0.717, 1.165) is 11.8 Å². The van der Waals surface area contributed by atoms with Gasteiger partial charge in [0.05, 0.1) is 10.6 Å². The molecule has 9 heteroatoms. The smallest absolute Gasteiger partial charge is 0.323 e. The molecule has 0 aliphatic rings. The lowest BCUT2D eigenvalue weighted by Gasteiger charge is -2.06. The number of aromatic nitrogens is 3. The average molecular weight is 295 g/mol. The Hall–Kier alpha value is -2.16. The Bertz CT molecular complexity index is 643. The molecule has 0 bridgehead atoms. The van der Waals surface area contributed by atoms with Crippen molar-refractivity contribution in [3.8, 4) is 0 Å². The maximum absolute atomic E-state index is 11.1. The summed E-state index contributed by atoms with van der Waals surface area (Å²) in [4.78, 5) is 23.0. The number of nitrogens with zero attached hydrogens (tertiary/aromatic N) is 4. The van der Waals surface area contributed by atoms with Gasteiger partial charge in [-0.05, 0) is 32.5 Å². The summed E-state index contributed by atoms with van der Waals surface area (Å²) in [7, 11) is 0. The summed E-state index contributed by atoms with van der Waals surface area (Å²) in [5.74, 6) is 0.348. The van der Waals surface area contributed by atoms with Gasteiger partial charge in [-0.15, -0.1) is 0 Å². The van der Waals surface area contributed by atoms with Crippen LogP contribution in [-0.2, 0) is 0 Å². The van der Waals surface area contributed by atoms with E-state index in [1.54, 1.807) is 13.8 Å². The first kappa shape index (κ1) is 14.3. The van der Waals surface area contributed by atoms with Crippen LogP contribution in [0.25, 0.3) is 0 Å². The summed E-state index contributed by atoms with van der Waals surface area (Å²) >= 11 is 1.01. The van der Waals surface area contributed by atoms with Crippen molar-refractivity contribution in [3.63, 3.8) is 0 Å². The van der Waals surface area contributed by atoms with Gasteiger partial charge in [-0.25, -0.2) is 9.97 Å². The minimum atomic E-state index is -0.497. The van der Waals surface area contributed by atoms with Crippen LogP contribution in [0.3, 0.4) is 0 Å². The second kappa shape index (κ2) is 5.87. The normalized spacial score (nSPS) is 10.6. The first-order chi connectivity index (χ1) is 9.51. The number of nitrogens with one attached hydrogen (secondary N) is 1. The van der Waals surface area contributed by atoms with Gasteiger partial charge in [0.1, 0.15) is 12.0 Å². The third-order valence-electron chi connectivity index (χ3n) is 2.33. The lowest BCUT2D eigenvalue weighted by Crippen LogP contribution is -2.07. The Labute approximate surface area is 119 Å². The highest BCUT2D eigenvalue weighted by atomic mass is 32.2. The van der Waals surface area contributed by atoms with E-state index < -0.39 is 4.92 Å². The minimum Gasteiger partial charge on any atom is -0.439 e. The number of rotatable bonds is 5. The molecule has 0 saturated heterocycles. The fourth-order valence-corrected chi connectivity index (χ4v) is 2.42. The lowest BCUT2D eigenvalue weighted by molar-refractivity contribution is -0.389. The molecule has 2 aromatic heterocycles. The Morgan fingerprint density at radius 3 is 2.70 bits per heavy atom. The van der Waals surface area contributed by atoms with Crippen molar-refractivity contribution in [1.29, 1.82) is 0 Å². The number of aryl methyl sites for hydroxylation is 2. The zero-order valence-electron chi connectivity index (χ0n) is 11.2. The number of oxazole rings is 1. The molecule has 0 unspecified atom stereocenters. The van der Waals surface area contributed by atoms with Crippen LogP contribution < -0.4 is 5.32 Å². The molecule has 0 spiro atoms. The molecule has 0 radical (unpaired) electrons. The molecule has 0 aliphatic heterocycles. The summed E-state index contributed by atoms with van der Waals surface area (Å²) in [6.45, 7) is 5.87. The van der Waals surface area contributed by atoms with Crippen LogP contribution in [0.2, 0.25) is 0 Å². The second-order valence-corrected chi connectivity index (χ2v) is 4.87. The molecule has 2 heterocycles. The molecular weight excluding hydrogens is 282 g/mol. The molecule has 1 N–H and O–H groups in total. The van der Waals surface area contributed by atoms with Gasteiger partial charge in [0.25, 0.3) is 5.22 Å². The molecule has 0 saturated carbocycles. The Kier molecular flexibility index (Phi) is 4.18. The lowest BCUT2D eigenvalue weighted by atomic mass is 10.4. The summed E-state index contributed by atoms with van der Waals surface area (Å²) in [6, 6.07) is 0. The largest absolute Gasteiger partial charge is 0.439 e. The highest BCUT2D eigenvalue weighted by Gasteiger charge is 2.24. The summed E-state index contributed by atoms with van der Waals surface area (Å²) in [5, 5.41) is 14.6. The number of hydrogen-bond acceptors (Lipinski definition) is 8. The van der Waals surface area contributed by atoms with Crippen LogP contribution in [0.15, 0.2) is 20.9 Å². The van der Waals surface area contributed by atoms with E-state index in [9.17, 15) is 10.1 Å². The monoisotopic (exact) mass is 295 g/mol. The van der Waals surface area contributed by atoms with E-state index in [4.69, 9.17) is 4.42 Å². The van der Waals surface area contributed by atoms with Crippen LogP contribution in [0.1, 0.15) is 18.3 Å². The molecule has 0 aliphatic carbocycles. The van der Waals surface area contributed by atoms with Crippen molar-refractivity contribution in [2.24, 2.45) is 0 Å². The van der Waals surface area contributed by atoms with Gasteiger partial charge in [0, 0.05) is 6.54 Å². The fourth-order valence-electron chi connectivity index (χ4n) is 1.52. The van der Waals surface area contributed by atoms with Gasteiger partial charge in [0.15, 0.2) is 5.03 Å². The minimum absolute atomic E-state index is 0.132. The molecule has 0 fully saturated rings. The predicted molar refractivity (Wildman–Crippen MR) is 73.0 cm³/mol. The third kappa shape index (κ3) is 3.05. The standard InChI is InChI=1S/C11H13N5O3S/c1-4-12-10-14-7(3)8(16(17)18)9(15-10)20-11-13-6(2)5-19-11/h5H,4H2,1-3H3,(H,12,14,15). The molecule has 2 rings (SSSR count). The second-order valence-electron chi connectivity index (χ2n) is 3.93.